The summed E-state index contributed by atoms with van der Waals surface area (Å²) in [4.78, 5) is 32.6. The highest BCUT2D eigenvalue weighted by atomic mass is 19.1. The van der Waals surface area contributed by atoms with E-state index in [-0.39, 0.29) is 5.56 Å². The minimum atomic E-state index is -1.19. The molecule has 2 aromatic rings. The summed E-state index contributed by atoms with van der Waals surface area (Å²) >= 11 is 0. The Hall–Kier alpha value is -3.07. The Bertz CT molecular complexity index is 1100. The zero-order valence-corrected chi connectivity index (χ0v) is 21.6. The average molecular weight is 515 g/mol. The predicted octanol–water partition coefficient (Wildman–Crippen LogP) is 4.21. The molecule has 1 aromatic carbocycles. The molecule has 2 amide bonds. The van der Waals surface area contributed by atoms with Gasteiger partial charge in [0.1, 0.15) is 17.5 Å². The zero-order chi connectivity index (χ0) is 26.6. The van der Waals surface area contributed by atoms with Gasteiger partial charge in [-0.2, -0.15) is 0 Å². The maximum atomic E-state index is 15.0. The van der Waals surface area contributed by atoms with Crippen molar-refractivity contribution in [3.63, 3.8) is 0 Å². The van der Waals surface area contributed by atoms with Gasteiger partial charge in [0.2, 0.25) is 11.8 Å². The quantitative estimate of drug-likeness (QED) is 0.570. The first kappa shape index (κ1) is 27.0. The van der Waals surface area contributed by atoms with Gasteiger partial charge in [0.25, 0.3) is 5.91 Å². The monoisotopic (exact) mass is 514 g/mol. The molecule has 2 aliphatic rings. The van der Waals surface area contributed by atoms with Crippen LogP contribution in [0.5, 0.6) is 5.88 Å². The SMILES string of the molecule is CC(C)(F)CN1CCC(COc2ccc(-c3ccc(C(=O)N4CCCCC4C(N)=O)cc3F)cn2)CC1. The molecule has 0 spiro atoms. The summed E-state index contributed by atoms with van der Waals surface area (Å²) < 4.78 is 34.7. The Balaban J connectivity index is 1.33. The lowest BCUT2D eigenvalue weighted by Gasteiger charge is -2.34. The number of ether oxygens (including phenoxy) is 1. The smallest absolute Gasteiger partial charge is 0.254 e. The van der Waals surface area contributed by atoms with Gasteiger partial charge in [0.05, 0.1) is 6.61 Å². The van der Waals surface area contributed by atoms with Gasteiger partial charge >= 0.3 is 0 Å². The highest BCUT2D eigenvalue weighted by Gasteiger charge is 2.31. The van der Waals surface area contributed by atoms with Crippen molar-refractivity contribution in [3.05, 3.63) is 47.9 Å². The number of primary amides is 1. The van der Waals surface area contributed by atoms with Crippen LogP contribution in [0.15, 0.2) is 36.5 Å². The fourth-order valence-corrected chi connectivity index (χ4v) is 5.19. The van der Waals surface area contributed by atoms with Crippen LogP contribution in [0.3, 0.4) is 0 Å². The van der Waals surface area contributed by atoms with Crippen molar-refractivity contribution in [3.8, 4) is 17.0 Å². The molecule has 37 heavy (non-hydrogen) atoms. The van der Waals surface area contributed by atoms with Crippen molar-refractivity contribution in [1.82, 2.24) is 14.8 Å². The Morgan fingerprint density at radius 2 is 1.86 bits per heavy atom. The number of aromatic nitrogens is 1. The van der Waals surface area contributed by atoms with Crippen LogP contribution in [0.2, 0.25) is 0 Å². The summed E-state index contributed by atoms with van der Waals surface area (Å²) in [6, 6.07) is 7.10. The molecule has 0 bridgehead atoms. The number of hydrogen-bond acceptors (Lipinski definition) is 5. The number of halogens is 2. The maximum absolute atomic E-state index is 15.0. The number of hydrogen-bond donors (Lipinski definition) is 1. The second kappa shape index (κ2) is 11.5. The van der Waals surface area contributed by atoms with Crippen LogP contribution in [0.25, 0.3) is 11.1 Å². The van der Waals surface area contributed by atoms with E-state index in [1.807, 2.05) is 0 Å². The van der Waals surface area contributed by atoms with E-state index in [1.54, 1.807) is 44.3 Å². The number of alkyl halides is 1. The predicted molar refractivity (Wildman–Crippen MR) is 137 cm³/mol. The number of rotatable bonds is 8. The second-order valence-electron chi connectivity index (χ2n) is 10.7. The Kier molecular flexibility index (Phi) is 8.42. The minimum Gasteiger partial charge on any atom is -0.477 e. The number of carbonyl (C=O) groups excluding carboxylic acids is 2. The van der Waals surface area contributed by atoms with Gasteiger partial charge in [-0.1, -0.05) is 6.07 Å². The molecule has 0 radical (unpaired) electrons. The molecule has 1 atom stereocenters. The standard InChI is InChI=1S/C28H36F2N4O3/c1-28(2,30)18-33-13-10-19(11-14-33)17-37-25-9-7-21(16-32-25)22-8-6-20(15-23(22)29)27(36)34-12-4-3-5-24(34)26(31)35/h6-9,15-16,19,24H,3-5,10-14,17-18H2,1-2H3,(H2,31,35). The lowest BCUT2D eigenvalue weighted by molar-refractivity contribution is -0.123. The summed E-state index contributed by atoms with van der Waals surface area (Å²) in [5, 5.41) is 0. The van der Waals surface area contributed by atoms with E-state index in [1.165, 1.54) is 11.0 Å². The van der Waals surface area contributed by atoms with Gasteiger partial charge in [-0.05, 0) is 83.2 Å². The number of carbonyl (C=O) groups is 2. The number of nitrogens with two attached hydrogens (primary N) is 1. The molecule has 3 heterocycles. The van der Waals surface area contributed by atoms with E-state index in [0.29, 0.717) is 49.0 Å². The Morgan fingerprint density at radius 3 is 2.49 bits per heavy atom. The number of amides is 2. The third-order valence-corrected chi connectivity index (χ3v) is 7.13. The van der Waals surface area contributed by atoms with Crippen molar-refractivity contribution >= 4 is 11.8 Å². The number of likely N-dealkylation sites (tertiary alicyclic amines) is 2. The topological polar surface area (TPSA) is 88.8 Å². The van der Waals surface area contributed by atoms with Gasteiger partial charge < -0.3 is 20.3 Å². The first-order valence-electron chi connectivity index (χ1n) is 13.0. The average Bonchev–Trinajstić information content (AvgIpc) is 2.87. The van der Waals surface area contributed by atoms with Gasteiger partial charge in [-0.3, -0.25) is 9.59 Å². The molecule has 2 aliphatic heterocycles. The van der Waals surface area contributed by atoms with Crippen LogP contribution < -0.4 is 10.5 Å². The minimum absolute atomic E-state index is 0.184. The largest absolute Gasteiger partial charge is 0.477 e. The van der Waals surface area contributed by atoms with Crippen LogP contribution in [0.4, 0.5) is 8.78 Å². The molecule has 2 saturated heterocycles. The zero-order valence-electron chi connectivity index (χ0n) is 21.6. The summed E-state index contributed by atoms with van der Waals surface area (Å²) in [6.45, 7) is 6.32. The molecule has 2 N–H and O–H groups in total. The molecule has 200 valence electrons. The normalized spacial score (nSPS) is 19.6. The van der Waals surface area contributed by atoms with Gasteiger partial charge in [0.15, 0.2) is 0 Å². The summed E-state index contributed by atoms with van der Waals surface area (Å²) in [6.07, 6.45) is 5.58. The number of pyridine rings is 1. The van der Waals surface area contributed by atoms with Crippen LogP contribution in [0.1, 0.15) is 56.3 Å². The first-order chi connectivity index (χ1) is 17.6. The van der Waals surface area contributed by atoms with Gasteiger partial charge in [0, 0.05) is 42.0 Å². The molecule has 9 heteroatoms. The number of piperidine rings is 2. The highest BCUT2D eigenvalue weighted by molar-refractivity contribution is 5.97. The van der Waals surface area contributed by atoms with E-state index >= 15 is 0 Å². The van der Waals surface area contributed by atoms with Crippen molar-refractivity contribution in [1.29, 1.82) is 0 Å². The van der Waals surface area contributed by atoms with Gasteiger partial charge in [-0.15, -0.1) is 0 Å². The van der Waals surface area contributed by atoms with Gasteiger partial charge in [-0.25, -0.2) is 13.8 Å². The molecule has 4 rings (SSSR count). The van der Waals surface area contributed by atoms with E-state index < -0.39 is 29.3 Å². The van der Waals surface area contributed by atoms with E-state index in [9.17, 15) is 18.4 Å². The molecular formula is C28H36F2N4O3. The van der Waals surface area contributed by atoms with Crippen LogP contribution >= 0.6 is 0 Å². The molecule has 7 nitrogen and oxygen atoms in total. The summed E-state index contributed by atoms with van der Waals surface area (Å²) in [5.74, 6) is -0.625. The lowest BCUT2D eigenvalue weighted by atomic mass is 9.97. The third kappa shape index (κ3) is 7.03. The Labute approximate surface area is 217 Å². The van der Waals surface area contributed by atoms with Crippen molar-refractivity contribution < 1.29 is 23.1 Å². The summed E-state index contributed by atoms with van der Waals surface area (Å²) in [7, 11) is 0. The van der Waals surface area contributed by atoms with Crippen LogP contribution in [0, 0.1) is 11.7 Å². The molecule has 1 unspecified atom stereocenters. The maximum Gasteiger partial charge on any atom is 0.254 e. The fraction of sp³-hybridized carbons (Fsp3) is 0.536. The van der Waals surface area contributed by atoms with E-state index in [4.69, 9.17) is 10.5 Å². The molecule has 1 aromatic heterocycles. The van der Waals surface area contributed by atoms with Crippen LogP contribution in [-0.2, 0) is 4.79 Å². The van der Waals surface area contributed by atoms with Crippen molar-refractivity contribution in [2.75, 3.05) is 32.8 Å². The van der Waals surface area contributed by atoms with Crippen molar-refractivity contribution in [2.24, 2.45) is 11.7 Å². The van der Waals surface area contributed by atoms with Crippen LogP contribution in [-0.4, -0.2) is 71.1 Å². The number of nitrogens with zero attached hydrogens (tertiary/aromatic N) is 3. The molecular weight excluding hydrogens is 478 g/mol. The van der Waals surface area contributed by atoms with Crippen molar-refractivity contribution in [2.45, 2.75) is 57.7 Å². The Morgan fingerprint density at radius 1 is 1.11 bits per heavy atom. The lowest BCUT2D eigenvalue weighted by Crippen LogP contribution is -2.50. The first-order valence-corrected chi connectivity index (χ1v) is 13.0. The number of benzene rings is 1. The van der Waals surface area contributed by atoms with E-state index in [2.05, 4.69) is 9.88 Å². The molecule has 0 aliphatic carbocycles. The fourth-order valence-electron chi connectivity index (χ4n) is 5.19. The molecule has 0 saturated carbocycles. The summed E-state index contributed by atoms with van der Waals surface area (Å²) in [5.41, 5.74) is 5.35. The third-order valence-electron chi connectivity index (χ3n) is 7.13. The highest BCUT2D eigenvalue weighted by Crippen LogP contribution is 2.27. The second-order valence-corrected chi connectivity index (χ2v) is 10.7. The van der Waals surface area contributed by atoms with E-state index in [0.717, 1.165) is 38.8 Å². The molecule has 2 fully saturated rings.